The van der Waals surface area contributed by atoms with Crippen molar-refractivity contribution < 1.29 is 9.59 Å². The van der Waals surface area contributed by atoms with Crippen molar-refractivity contribution in [3.8, 4) is 0 Å². The maximum atomic E-state index is 11.7. The number of thiazole rings is 1. The third-order valence-corrected chi connectivity index (χ3v) is 3.17. The molecule has 0 unspecified atom stereocenters. The molecule has 3 N–H and O–H groups in total. The van der Waals surface area contributed by atoms with E-state index in [0.717, 1.165) is 5.56 Å². The summed E-state index contributed by atoms with van der Waals surface area (Å²) in [5, 5.41) is 4.78. The minimum absolute atomic E-state index is 0.0756. The first-order valence-corrected chi connectivity index (χ1v) is 6.78. The molecule has 2 aromatic rings. The van der Waals surface area contributed by atoms with Gasteiger partial charge in [-0.05, 0) is 11.6 Å². The lowest BCUT2D eigenvalue weighted by Gasteiger charge is -1.96. The van der Waals surface area contributed by atoms with Gasteiger partial charge >= 0.3 is 0 Å². The Kier molecular flexibility index (Phi) is 4.62. The van der Waals surface area contributed by atoms with Crippen molar-refractivity contribution in [2.45, 2.75) is 6.42 Å². The number of aromatic nitrogens is 1. The number of hydrogen-bond donors (Lipinski definition) is 2. The van der Waals surface area contributed by atoms with Gasteiger partial charge in [-0.1, -0.05) is 30.3 Å². The van der Waals surface area contributed by atoms with Crippen LogP contribution in [0.1, 0.15) is 11.3 Å². The standard InChI is InChI=1S/C14H13N3O2S/c15-12(18)8-11-9-20-14(16-11)17-13(19)7-6-10-4-2-1-3-5-10/h1-7,9H,8H2,(H2,15,18)(H,16,17,19). The van der Waals surface area contributed by atoms with Crippen molar-refractivity contribution in [1.82, 2.24) is 4.98 Å². The van der Waals surface area contributed by atoms with Crippen molar-refractivity contribution in [3.63, 3.8) is 0 Å². The second-order valence-electron chi connectivity index (χ2n) is 4.02. The van der Waals surface area contributed by atoms with Gasteiger partial charge < -0.3 is 5.73 Å². The SMILES string of the molecule is NC(=O)Cc1csc(NC(=O)C=Cc2ccccc2)n1. The predicted octanol–water partition coefficient (Wildman–Crippen LogP) is 1.82. The van der Waals surface area contributed by atoms with E-state index in [-0.39, 0.29) is 12.3 Å². The third-order valence-electron chi connectivity index (χ3n) is 2.36. The van der Waals surface area contributed by atoms with Crippen molar-refractivity contribution in [1.29, 1.82) is 0 Å². The number of hydrogen-bond acceptors (Lipinski definition) is 4. The zero-order chi connectivity index (χ0) is 14.4. The minimum Gasteiger partial charge on any atom is -0.369 e. The minimum atomic E-state index is -0.447. The molecule has 1 aromatic carbocycles. The topological polar surface area (TPSA) is 85.1 Å². The average Bonchev–Trinajstić information content (AvgIpc) is 2.84. The summed E-state index contributed by atoms with van der Waals surface area (Å²) in [6, 6.07) is 9.51. The Morgan fingerprint density at radius 2 is 2.05 bits per heavy atom. The first-order valence-electron chi connectivity index (χ1n) is 5.90. The van der Waals surface area contributed by atoms with Gasteiger partial charge in [0.2, 0.25) is 11.8 Å². The van der Waals surface area contributed by atoms with Crippen molar-refractivity contribution in [2.75, 3.05) is 5.32 Å². The quantitative estimate of drug-likeness (QED) is 0.823. The summed E-state index contributed by atoms with van der Waals surface area (Å²) in [4.78, 5) is 26.5. The number of amides is 2. The molecule has 0 saturated heterocycles. The van der Waals surface area contributed by atoms with Crippen LogP contribution in [0.5, 0.6) is 0 Å². The smallest absolute Gasteiger partial charge is 0.250 e. The molecule has 1 heterocycles. The highest BCUT2D eigenvalue weighted by Crippen LogP contribution is 2.15. The molecule has 5 nitrogen and oxygen atoms in total. The van der Waals surface area contributed by atoms with Crippen LogP contribution in [-0.2, 0) is 16.0 Å². The summed E-state index contributed by atoms with van der Waals surface area (Å²) in [5.41, 5.74) is 6.58. The van der Waals surface area contributed by atoms with E-state index in [1.165, 1.54) is 17.4 Å². The Labute approximate surface area is 120 Å². The number of nitrogens with one attached hydrogen (secondary N) is 1. The molecule has 6 heteroatoms. The summed E-state index contributed by atoms with van der Waals surface area (Å²) < 4.78 is 0. The summed E-state index contributed by atoms with van der Waals surface area (Å²) in [6.45, 7) is 0. The van der Waals surface area contributed by atoms with Crippen LogP contribution in [0.2, 0.25) is 0 Å². The Bertz CT molecular complexity index is 635. The highest BCUT2D eigenvalue weighted by atomic mass is 32.1. The second-order valence-corrected chi connectivity index (χ2v) is 4.88. The molecule has 0 fully saturated rings. The molecule has 0 aliphatic heterocycles. The fraction of sp³-hybridized carbons (Fsp3) is 0.0714. The summed E-state index contributed by atoms with van der Waals surface area (Å²) in [7, 11) is 0. The maximum absolute atomic E-state index is 11.7. The van der Waals surface area contributed by atoms with Gasteiger partial charge in [0, 0.05) is 11.5 Å². The Hall–Kier alpha value is -2.47. The molecule has 0 bridgehead atoms. The van der Waals surface area contributed by atoms with Crippen LogP contribution in [0.15, 0.2) is 41.8 Å². The molecule has 0 saturated carbocycles. The van der Waals surface area contributed by atoms with Gasteiger partial charge in [0.25, 0.3) is 0 Å². The van der Waals surface area contributed by atoms with Gasteiger partial charge in [-0.25, -0.2) is 4.98 Å². The van der Waals surface area contributed by atoms with E-state index >= 15 is 0 Å². The first-order chi connectivity index (χ1) is 9.63. The maximum Gasteiger partial charge on any atom is 0.250 e. The van der Waals surface area contributed by atoms with Gasteiger partial charge in [-0.2, -0.15) is 0 Å². The molecule has 0 aliphatic rings. The number of carbonyl (C=O) groups excluding carboxylic acids is 2. The van der Waals surface area contributed by atoms with Crippen molar-refractivity contribution in [2.24, 2.45) is 5.73 Å². The fourth-order valence-electron chi connectivity index (χ4n) is 1.51. The van der Waals surface area contributed by atoms with Crippen molar-refractivity contribution >= 4 is 34.4 Å². The summed E-state index contributed by atoms with van der Waals surface area (Å²) in [6.07, 6.45) is 3.23. The molecule has 20 heavy (non-hydrogen) atoms. The molecular formula is C14H13N3O2S. The first kappa shape index (κ1) is 14.0. The van der Waals surface area contributed by atoms with Crippen LogP contribution < -0.4 is 11.1 Å². The third kappa shape index (κ3) is 4.33. The van der Waals surface area contributed by atoms with Gasteiger partial charge in [0.1, 0.15) is 0 Å². The van der Waals surface area contributed by atoms with E-state index in [4.69, 9.17) is 5.73 Å². The summed E-state index contributed by atoms with van der Waals surface area (Å²) in [5.74, 6) is -0.717. The van der Waals surface area contributed by atoms with Crippen LogP contribution in [0, 0.1) is 0 Å². The fourth-order valence-corrected chi connectivity index (χ4v) is 2.22. The number of benzene rings is 1. The van der Waals surface area contributed by atoms with Crippen LogP contribution in [-0.4, -0.2) is 16.8 Å². The number of carbonyl (C=O) groups is 2. The van der Waals surface area contributed by atoms with E-state index in [1.54, 1.807) is 11.5 Å². The molecule has 2 rings (SSSR count). The molecule has 0 radical (unpaired) electrons. The number of nitrogens with two attached hydrogens (primary N) is 1. The Morgan fingerprint density at radius 1 is 1.30 bits per heavy atom. The highest BCUT2D eigenvalue weighted by molar-refractivity contribution is 7.14. The van der Waals surface area contributed by atoms with Crippen LogP contribution >= 0.6 is 11.3 Å². The van der Waals surface area contributed by atoms with E-state index in [0.29, 0.717) is 10.8 Å². The molecule has 1 aromatic heterocycles. The molecule has 0 spiro atoms. The predicted molar refractivity (Wildman–Crippen MR) is 79.1 cm³/mol. The normalized spacial score (nSPS) is 10.6. The van der Waals surface area contributed by atoms with E-state index in [2.05, 4.69) is 10.3 Å². The largest absolute Gasteiger partial charge is 0.369 e. The zero-order valence-electron chi connectivity index (χ0n) is 10.6. The van der Waals surface area contributed by atoms with Crippen LogP contribution in [0.25, 0.3) is 6.08 Å². The van der Waals surface area contributed by atoms with Gasteiger partial charge in [-0.15, -0.1) is 11.3 Å². The van der Waals surface area contributed by atoms with E-state index in [9.17, 15) is 9.59 Å². The van der Waals surface area contributed by atoms with E-state index < -0.39 is 5.91 Å². The monoisotopic (exact) mass is 287 g/mol. The Morgan fingerprint density at radius 3 is 2.75 bits per heavy atom. The van der Waals surface area contributed by atoms with Crippen LogP contribution in [0.3, 0.4) is 0 Å². The lowest BCUT2D eigenvalue weighted by atomic mass is 10.2. The average molecular weight is 287 g/mol. The zero-order valence-corrected chi connectivity index (χ0v) is 11.4. The summed E-state index contributed by atoms with van der Waals surface area (Å²) >= 11 is 1.26. The molecule has 102 valence electrons. The number of rotatable bonds is 5. The Balaban J connectivity index is 1.93. The number of nitrogens with zero attached hydrogens (tertiary/aromatic N) is 1. The van der Waals surface area contributed by atoms with Crippen LogP contribution in [0.4, 0.5) is 5.13 Å². The second kappa shape index (κ2) is 6.63. The van der Waals surface area contributed by atoms with Gasteiger partial charge in [0.15, 0.2) is 5.13 Å². The van der Waals surface area contributed by atoms with Gasteiger partial charge in [0.05, 0.1) is 12.1 Å². The number of primary amides is 1. The number of anilines is 1. The van der Waals surface area contributed by atoms with Crippen molar-refractivity contribution in [3.05, 3.63) is 53.0 Å². The van der Waals surface area contributed by atoms with E-state index in [1.807, 2.05) is 30.3 Å². The highest BCUT2D eigenvalue weighted by Gasteiger charge is 2.06. The lowest BCUT2D eigenvalue weighted by Crippen LogP contribution is -2.14. The lowest BCUT2D eigenvalue weighted by molar-refractivity contribution is -0.117. The van der Waals surface area contributed by atoms with Gasteiger partial charge in [-0.3, -0.25) is 14.9 Å². The molecule has 0 aliphatic carbocycles. The molecule has 2 amide bonds. The molecule has 0 atom stereocenters. The molecular weight excluding hydrogens is 274 g/mol.